The summed E-state index contributed by atoms with van der Waals surface area (Å²) in [4.78, 5) is 37.1. The number of carbonyl (C=O) groups is 2. The van der Waals surface area contributed by atoms with Crippen LogP contribution in [0.25, 0.3) is 0 Å². The Labute approximate surface area is 181 Å². The zero-order valence-corrected chi connectivity index (χ0v) is 17.5. The summed E-state index contributed by atoms with van der Waals surface area (Å²) in [6, 6.07) is 13.3. The van der Waals surface area contributed by atoms with Gasteiger partial charge in [0.15, 0.2) is 6.61 Å². The number of aryl methyl sites for hydroxylation is 1. The Kier molecular flexibility index (Phi) is 6.92. The van der Waals surface area contributed by atoms with Crippen LogP contribution in [0, 0.1) is 10.1 Å². The summed E-state index contributed by atoms with van der Waals surface area (Å²) >= 11 is 0.992. The molecule has 3 rings (SSSR count). The van der Waals surface area contributed by atoms with Crippen molar-refractivity contribution in [2.45, 2.75) is 16.6 Å². The molecule has 0 saturated carbocycles. The summed E-state index contributed by atoms with van der Waals surface area (Å²) in [6.45, 7) is -0.109. The molecule has 0 aliphatic heterocycles. The maximum Gasteiger partial charge on any atom is 0.338 e. The standard InChI is InChI=1S/C19H18N6O5S/c1-23(11-13-6-4-3-5-7-13)17(26)12-30-18(27)14-8-9-16(15(10-14)25(28)29)31-19-20-21-22-24(19)2/h3-10H,11-12H2,1-2H3. The molecule has 0 spiro atoms. The smallest absolute Gasteiger partial charge is 0.338 e. The number of amides is 1. The quantitative estimate of drug-likeness (QED) is 0.292. The van der Waals surface area contributed by atoms with Crippen LogP contribution in [0.5, 0.6) is 0 Å². The average molecular weight is 442 g/mol. The molecule has 0 aliphatic rings. The van der Waals surface area contributed by atoms with Crippen LogP contribution in [0.4, 0.5) is 5.69 Å². The number of likely N-dealkylation sites (N-methyl/N-ethyl adjacent to an activating group) is 1. The molecule has 0 radical (unpaired) electrons. The van der Waals surface area contributed by atoms with Gasteiger partial charge in [-0.15, -0.1) is 5.10 Å². The van der Waals surface area contributed by atoms with E-state index in [0.717, 1.165) is 23.4 Å². The van der Waals surface area contributed by atoms with Crippen molar-refractivity contribution < 1.29 is 19.2 Å². The number of tetrazole rings is 1. The summed E-state index contributed by atoms with van der Waals surface area (Å²) in [7, 11) is 3.20. The molecule has 3 aromatic rings. The van der Waals surface area contributed by atoms with E-state index in [0.29, 0.717) is 11.7 Å². The number of hydrogen-bond acceptors (Lipinski definition) is 9. The van der Waals surface area contributed by atoms with E-state index in [9.17, 15) is 19.7 Å². The minimum Gasteiger partial charge on any atom is -0.452 e. The van der Waals surface area contributed by atoms with Crippen LogP contribution in [0.3, 0.4) is 0 Å². The predicted octanol–water partition coefficient (Wildman–Crippen LogP) is 2.08. The van der Waals surface area contributed by atoms with Gasteiger partial charge in [0.25, 0.3) is 11.6 Å². The van der Waals surface area contributed by atoms with Crippen LogP contribution in [0.15, 0.2) is 58.6 Å². The van der Waals surface area contributed by atoms with Crippen molar-refractivity contribution in [3.05, 3.63) is 69.8 Å². The summed E-state index contributed by atoms with van der Waals surface area (Å²) in [5, 5.41) is 22.7. The third-order valence-corrected chi connectivity index (χ3v) is 5.28. The topological polar surface area (TPSA) is 133 Å². The van der Waals surface area contributed by atoms with Gasteiger partial charge in [0.1, 0.15) is 0 Å². The molecule has 0 unspecified atom stereocenters. The second-order valence-electron chi connectivity index (χ2n) is 6.44. The van der Waals surface area contributed by atoms with E-state index in [-0.39, 0.29) is 16.1 Å². The van der Waals surface area contributed by atoms with Gasteiger partial charge in [-0.25, -0.2) is 9.48 Å². The molecule has 31 heavy (non-hydrogen) atoms. The highest BCUT2D eigenvalue weighted by Crippen LogP contribution is 2.34. The van der Waals surface area contributed by atoms with E-state index in [2.05, 4.69) is 15.5 Å². The highest BCUT2D eigenvalue weighted by molar-refractivity contribution is 7.99. The maximum atomic E-state index is 12.3. The van der Waals surface area contributed by atoms with Crippen molar-refractivity contribution in [2.24, 2.45) is 7.05 Å². The van der Waals surface area contributed by atoms with Crippen LogP contribution in [0.1, 0.15) is 15.9 Å². The lowest BCUT2D eigenvalue weighted by molar-refractivity contribution is -0.387. The number of esters is 1. The Morgan fingerprint density at radius 2 is 1.97 bits per heavy atom. The molecule has 0 fully saturated rings. The number of hydrogen-bond donors (Lipinski definition) is 0. The lowest BCUT2D eigenvalue weighted by atomic mass is 10.2. The number of carbonyl (C=O) groups excluding carboxylic acids is 2. The molecule has 0 N–H and O–H groups in total. The number of nitro groups is 1. The van der Waals surface area contributed by atoms with Crippen molar-refractivity contribution in [1.82, 2.24) is 25.1 Å². The van der Waals surface area contributed by atoms with Crippen LogP contribution in [-0.2, 0) is 23.1 Å². The molecular formula is C19H18N6O5S. The molecule has 160 valence electrons. The molecule has 11 nitrogen and oxygen atoms in total. The van der Waals surface area contributed by atoms with Gasteiger partial charge in [-0.1, -0.05) is 30.3 Å². The number of nitro benzene ring substituents is 1. The van der Waals surface area contributed by atoms with Gasteiger partial charge >= 0.3 is 5.97 Å². The van der Waals surface area contributed by atoms with Gasteiger partial charge in [0.2, 0.25) is 5.16 Å². The number of rotatable bonds is 8. The Morgan fingerprint density at radius 1 is 1.23 bits per heavy atom. The van der Waals surface area contributed by atoms with Crippen LogP contribution < -0.4 is 0 Å². The SMILES string of the molecule is CN(Cc1ccccc1)C(=O)COC(=O)c1ccc(Sc2nnnn2C)c([N+](=O)[O-])c1. The molecule has 1 aromatic heterocycles. The van der Waals surface area contributed by atoms with Crippen LogP contribution in [0.2, 0.25) is 0 Å². The fraction of sp³-hybridized carbons (Fsp3) is 0.211. The van der Waals surface area contributed by atoms with E-state index in [1.54, 1.807) is 14.1 Å². The fourth-order valence-electron chi connectivity index (χ4n) is 2.55. The normalized spacial score (nSPS) is 10.5. The van der Waals surface area contributed by atoms with Crippen LogP contribution >= 0.6 is 11.8 Å². The maximum absolute atomic E-state index is 12.3. The summed E-state index contributed by atoms with van der Waals surface area (Å²) in [5.74, 6) is -1.23. The largest absolute Gasteiger partial charge is 0.452 e. The third-order valence-electron chi connectivity index (χ3n) is 4.19. The molecule has 2 aromatic carbocycles. The lowest BCUT2D eigenvalue weighted by Gasteiger charge is -2.17. The molecular weight excluding hydrogens is 424 g/mol. The Balaban J connectivity index is 1.64. The van der Waals surface area contributed by atoms with Gasteiger partial charge in [0.05, 0.1) is 15.4 Å². The van der Waals surface area contributed by atoms with Gasteiger partial charge < -0.3 is 9.64 Å². The zero-order chi connectivity index (χ0) is 22.4. The van der Waals surface area contributed by atoms with Crippen molar-refractivity contribution in [3.8, 4) is 0 Å². The van der Waals surface area contributed by atoms with E-state index in [1.165, 1.54) is 21.7 Å². The van der Waals surface area contributed by atoms with Gasteiger partial charge in [-0.3, -0.25) is 14.9 Å². The molecule has 0 bridgehead atoms. The predicted molar refractivity (Wildman–Crippen MR) is 109 cm³/mol. The fourth-order valence-corrected chi connectivity index (χ4v) is 3.36. The molecule has 0 atom stereocenters. The van der Waals surface area contributed by atoms with Crippen LogP contribution in [-0.4, -0.2) is 55.6 Å². The van der Waals surface area contributed by atoms with E-state index in [1.807, 2.05) is 30.3 Å². The lowest BCUT2D eigenvalue weighted by Crippen LogP contribution is -2.30. The highest BCUT2D eigenvalue weighted by Gasteiger charge is 2.21. The molecule has 1 heterocycles. The molecule has 0 saturated heterocycles. The van der Waals surface area contributed by atoms with E-state index < -0.39 is 23.4 Å². The first-order valence-electron chi connectivity index (χ1n) is 8.99. The molecule has 12 heteroatoms. The van der Waals surface area contributed by atoms with Crippen molar-refractivity contribution >= 4 is 29.3 Å². The highest BCUT2D eigenvalue weighted by atomic mass is 32.2. The first-order chi connectivity index (χ1) is 14.8. The summed E-state index contributed by atoms with van der Waals surface area (Å²) in [6.07, 6.45) is 0. The summed E-state index contributed by atoms with van der Waals surface area (Å²) < 4.78 is 6.42. The second-order valence-corrected chi connectivity index (χ2v) is 7.45. The number of aromatic nitrogens is 4. The van der Waals surface area contributed by atoms with E-state index in [4.69, 9.17) is 4.74 Å². The molecule has 1 amide bonds. The summed E-state index contributed by atoms with van der Waals surface area (Å²) in [5.41, 5.74) is 0.604. The average Bonchev–Trinajstić information content (AvgIpc) is 3.16. The van der Waals surface area contributed by atoms with Crippen molar-refractivity contribution in [2.75, 3.05) is 13.7 Å². The zero-order valence-electron chi connectivity index (χ0n) is 16.7. The van der Waals surface area contributed by atoms with Gasteiger partial charge in [-0.2, -0.15) is 0 Å². The Hall–Kier alpha value is -3.80. The van der Waals surface area contributed by atoms with Gasteiger partial charge in [0, 0.05) is 26.7 Å². The second kappa shape index (κ2) is 9.80. The molecule has 0 aliphatic carbocycles. The Morgan fingerprint density at radius 3 is 2.61 bits per heavy atom. The first-order valence-corrected chi connectivity index (χ1v) is 9.80. The monoisotopic (exact) mass is 442 g/mol. The number of benzene rings is 2. The van der Waals surface area contributed by atoms with Gasteiger partial charge in [-0.05, 0) is 39.9 Å². The van der Waals surface area contributed by atoms with E-state index >= 15 is 0 Å². The first kappa shape index (κ1) is 21.9. The minimum absolute atomic E-state index is 0.0364. The Bertz CT molecular complexity index is 1100. The third kappa shape index (κ3) is 5.63. The minimum atomic E-state index is -0.832. The number of nitrogens with zero attached hydrogens (tertiary/aromatic N) is 6. The van der Waals surface area contributed by atoms with Crippen molar-refractivity contribution in [1.29, 1.82) is 0 Å². The number of ether oxygens (including phenoxy) is 1. The van der Waals surface area contributed by atoms with Crippen molar-refractivity contribution in [3.63, 3.8) is 0 Å².